The van der Waals surface area contributed by atoms with Gasteiger partial charge in [0, 0.05) is 23.9 Å². The van der Waals surface area contributed by atoms with Crippen LogP contribution in [0, 0.1) is 0 Å². The molecule has 100 valence electrons. The van der Waals surface area contributed by atoms with Crippen LogP contribution >= 0.6 is 0 Å². The predicted octanol–water partition coefficient (Wildman–Crippen LogP) is 2.74. The molecule has 4 nitrogen and oxygen atoms in total. The van der Waals surface area contributed by atoms with Crippen molar-refractivity contribution >= 4 is 11.0 Å². The largest absolute Gasteiger partial charge is 0.493 e. The second-order valence-electron chi connectivity index (χ2n) is 5.30. The summed E-state index contributed by atoms with van der Waals surface area (Å²) in [7, 11) is 0. The third kappa shape index (κ3) is 2.63. The maximum absolute atomic E-state index is 11.2. The van der Waals surface area contributed by atoms with Crippen molar-refractivity contribution in [1.29, 1.82) is 0 Å². The van der Waals surface area contributed by atoms with Crippen LogP contribution in [0.15, 0.2) is 39.5 Å². The molecule has 1 aromatic heterocycles. The Morgan fingerprint density at radius 2 is 2.00 bits per heavy atom. The average Bonchev–Trinajstić information content (AvgIpc) is 2.96. The molecule has 1 aliphatic heterocycles. The van der Waals surface area contributed by atoms with Crippen LogP contribution < -0.4 is 10.4 Å². The Morgan fingerprint density at radius 1 is 1.26 bits per heavy atom. The molecule has 2 aromatic rings. The molecule has 1 aromatic carbocycles. The van der Waals surface area contributed by atoms with Crippen LogP contribution in [0.5, 0.6) is 5.75 Å². The van der Waals surface area contributed by atoms with Crippen LogP contribution in [0.25, 0.3) is 11.0 Å². The Hall–Kier alpha value is -1.81. The van der Waals surface area contributed by atoms with Crippen LogP contribution in [0.4, 0.5) is 0 Å². The lowest BCUT2D eigenvalue weighted by molar-refractivity contribution is 0.274. The zero-order valence-electron chi connectivity index (χ0n) is 11.0. The van der Waals surface area contributed by atoms with Gasteiger partial charge in [0.05, 0.1) is 18.3 Å². The van der Waals surface area contributed by atoms with Gasteiger partial charge in [0.15, 0.2) is 0 Å². The first-order chi connectivity index (χ1) is 9.04. The number of hydrogen-bond acceptors (Lipinski definition) is 4. The first kappa shape index (κ1) is 12.2. The Kier molecular flexibility index (Phi) is 2.82. The van der Waals surface area contributed by atoms with Crippen molar-refractivity contribution in [3.8, 4) is 5.75 Å². The summed E-state index contributed by atoms with van der Waals surface area (Å²) in [5, 5.41) is 0.888. The van der Waals surface area contributed by atoms with E-state index in [1.54, 1.807) is 12.1 Å². The smallest absolute Gasteiger partial charge is 0.336 e. The summed E-state index contributed by atoms with van der Waals surface area (Å²) in [5.74, 6) is 0.709. The predicted molar refractivity (Wildman–Crippen MR) is 71.5 cm³/mol. The van der Waals surface area contributed by atoms with Crippen molar-refractivity contribution in [2.24, 2.45) is 0 Å². The molecule has 1 atom stereocenters. The number of benzene rings is 1. The minimum Gasteiger partial charge on any atom is -0.493 e. The molecule has 1 aliphatic rings. The summed E-state index contributed by atoms with van der Waals surface area (Å²) in [5.41, 5.74) is 0.199. The zero-order chi connectivity index (χ0) is 13.5. The van der Waals surface area contributed by atoms with E-state index in [0.717, 1.165) is 11.8 Å². The molecule has 4 heteroatoms. The van der Waals surface area contributed by atoms with Crippen molar-refractivity contribution in [1.82, 2.24) is 0 Å². The SMILES string of the molecule is CC1(C)O[C@@H]1CCOc1ccc2ccc(=O)oc2c1. The molecule has 1 saturated heterocycles. The summed E-state index contributed by atoms with van der Waals surface area (Å²) in [4.78, 5) is 11.2. The molecule has 0 radical (unpaired) electrons. The van der Waals surface area contributed by atoms with Gasteiger partial charge < -0.3 is 13.9 Å². The molecule has 19 heavy (non-hydrogen) atoms. The molecule has 0 aliphatic carbocycles. The van der Waals surface area contributed by atoms with Gasteiger partial charge in [-0.3, -0.25) is 0 Å². The van der Waals surface area contributed by atoms with E-state index in [0.29, 0.717) is 17.9 Å². The number of rotatable bonds is 4. The Balaban J connectivity index is 1.66. The fourth-order valence-electron chi connectivity index (χ4n) is 2.15. The van der Waals surface area contributed by atoms with Gasteiger partial charge in [-0.1, -0.05) is 0 Å². The second kappa shape index (κ2) is 4.38. The van der Waals surface area contributed by atoms with E-state index in [1.807, 2.05) is 12.1 Å². The van der Waals surface area contributed by atoms with E-state index in [4.69, 9.17) is 13.9 Å². The first-order valence-corrected chi connectivity index (χ1v) is 6.39. The normalized spacial score (nSPS) is 20.4. The van der Waals surface area contributed by atoms with Gasteiger partial charge >= 0.3 is 5.63 Å². The van der Waals surface area contributed by atoms with Gasteiger partial charge in [0.25, 0.3) is 0 Å². The van der Waals surface area contributed by atoms with E-state index in [2.05, 4.69) is 13.8 Å². The van der Waals surface area contributed by atoms with E-state index in [1.165, 1.54) is 6.07 Å². The van der Waals surface area contributed by atoms with Gasteiger partial charge in [0.1, 0.15) is 11.3 Å². The van der Waals surface area contributed by atoms with Crippen LogP contribution in [0.1, 0.15) is 20.3 Å². The molecule has 1 fully saturated rings. The minimum atomic E-state index is -0.349. The van der Waals surface area contributed by atoms with Gasteiger partial charge in [-0.2, -0.15) is 0 Å². The van der Waals surface area contributed by atoms with E-state index in [9.17, 15) is 4.79 Å². The molecular formula is C15H16O4. The number of hydrogen-bond donors (Lipinski definition) is 0. The van der Waals surface area contributed by atoms with Crippen LogP contribution in [0.2, 0.25) is 0 Å². The van der Waals surface area contributed by atoms with Gasteiger partial charge in [0.2, 0.25) is 0 Å². The van der Waals surface area contributed by atoms with Gasteiger partial charge in [-0.05, 0) is 32.0 Å². The minimum absolute atomic E-state index is 0.000459. The standard InChI is InChI=1S/C15H16O4/c1-15(2)13(19-15)7-8-17-11-5-3-10-4-6-14(16)18-12(10)9-11/h3-6,9,13H,7-8H2,1-2H3/t13-/m1/s1. The fourth-order valence-corrected chi connectivity index (χ4v) is 2.15. The highest BCUT2D eigenvalue weighted by Gasteiger charge is 2.47. The van der Waals surface area contributed by atoms with E-state index < -0.39 is 0 Å². The van der Waals surface area contributed by atoms with Crippen LogP contribution in [-0.2, 0) is 4.74 Å². The maximum Gasteiger partial charge on any atom is 0.336 e. The first-order valence-electron chi connectivity index (χ1n) is 6.39. The quantitative estimate of drug-likeness (QED) is 0.626. The lowest BCUT2D eigenvalue weighted by Crippen LogP contribution is -2.07. The monoisotopic (exact) mass is 260 g/mol. The Labute approximate surface area is 110 Å². The number of ether oxygens (including phenoxy) is 2. The highest BCUT2D eigenvalue weighted by atomic mass is 16.6. The molecule has 3 rings (SSSR count). The molecule has 0 unspecified atom stereocenters. The number of fused-ring (bicyclic) bond motifs is 1. The fraction of sp³-hybridized carbons (Fsp3) is 0.400. The molecule has 0 saturated carbocycles. The van der Waals surface area contributed by atoms with Crippen molar-refractivity contribution in [3.63, 3.8) is 0 Å². The Morgan fingerprint density at radius 3 is 2.74 bits per heavy atom. The second-order valence-corrected chi connectivity index (χ2v) is 5.30. The van der Waals surface area contributed by atoms with Crippen molar-refractivity contribution in [3.05, 3.63) is 40.8 Å². The summed E-state index contributed by atoms with van der Waals surface area (Å²) in [6.07, 6.45) is 1.15. The Bertz CT molecular complexity index is 656. The topological polar surface area (TPSA) is 52.0 Å². The molecule has 0 bridgehead atoms. The average molecular weight is 260 g/mol. The number of epoxide rings is 1. The zero-order valence-corrected chi connectivity index (χ0v) is 11.0. The van der Waals surface area contributed by atoms with Gasteiger partial charge in [-0.15, -0.1) is 0 Å². The molecular weight excluding hydrogens is 244 g/mol. The molecule has 0 spiro atoms. The van der Waals surface area contributed by atoms with Crippen molar-refractivity contribution < 1.29 is 13.9 Å². The maximum atomic E-state index is 11.2. The van der Waals surface area contributed by atoms with E-state index in [-0.39, 0.29) is 17.3 Å². The summed E-state index contributed by atoms with van der Waals surface area (Å²) in [6.45, 7) is 4.74. The van der Waals surface area contributed by atoms with Gasteiger partial charge in [-0.25, -0.2) is 4.79 Å². The summed E-state index contributed by atoms with van der Waals surface area (Å²) >= 11 is 0. The third-order valence-electron chi connectivity index (χ3n) is 3.41. The van der Waals surface area contributed by atoms with Crippen molar-refractivity contribution in [2.45, 2.75) is 32.0 Å². The molecule has 2 heterocycles. The third-order valence-corrected chi connectivity index (χ3v) is 3.41. The highest BCUT2D eigenvalue weighted by Crippen LogP contribution is 2.37. The summed E-state index contributed by atoms with van der Waals surface area (Å²) < 4.78 is 16.3. The summed E-state index contributed by atoms with van der Waals surface area (Å²) in [6, 6.07) is 8.66. The highest BCUT2D eigenvalue weighted by molar-refractivity contribution is 5.77. The van der Waals surface area contributed by atoms with Crippen molar-refractivity contribution in [2.75, 3.05) is 6.61 Å². The van der Waals surface area contributed by atoms with Crippen LogP contribution in [0.3, 0.4) is 0 Å². The van der Waals surface area contributed by atoms with Crippen LogP contribution in [-0.4, -0.2) is 18.3 Å². The van der Waals surface area contributed by atoms with E-state index >= 15 is 0 Å². The lowest BCUT2D eigenvalue weighted by atomic mass is 10.1. The molecule has 0 N–H and O–H groups in total. The lowest BCUT2D eigenvalue weighted by Gasteiger charge is -2.06. The molecule has 0 amide bonds.